The fourth-order valence-corrected chi connectivity index (χ4v) is 4.10. The molecule has 0 aliphatic rings. The second kappa shape index (κ2) is 7.43. The number of hydrogen-bond acceptors (Lipinski definition) is 4. The summed E-state index contributed by atoms with van der Waals surface area (Å²) in [6, 6.07) is 12.0. The molecule has 0 unspecified atom stereocenters. The third-order valence-corrected chi connectivity index (χ3v) is 5.56. The van der Waals surface area contributed by atoms with E-state index in [1.165, 1.54) is 12.1 Å². The Morgan fingerprint density at radius 2 is 1.62 bits per heavy atom. The van der Waals surface area contributed by atoms with E-state index in [0.717, 1.165) is 23.4 Å². The van der Waals surface area contributed by atoms with E-state index in [0.29, 0.717) is 11.4 Å². The minimum Gasteiger partial charge on any atom is -0.404 e. The number of nitrogens with zero attached hydrogens (tertiary/aromatic N) is 2. The van der Waals surface area contributed by atoms with Gasteiger partial charge in [0.05, 0.1) is 22.8 Å². The lowest BCUT2D eigenvalue weighted by Gasteiger charge is -2.14. The summed E-state index contributed by atoms with van der Waals surface area (Å²) in [5.41, 5.74) is 2.83. The molecule has 1 N–H and O–H groups in total. The smallest absolute Gasteiger partial charge is 0.404 e. The van der Waals surface area contributed by atoms with Gasteiger partial charge in [0.15, 0.2) is 0 Å². The highest BCUT2D eigenvalue weighted by Gasteiger charge is 2.34. The van der Waals surface area contributed by atoms with Gasteiger partial charge in [-0.25, -0.2) is 13.1 Å². The molecular formula is C19H18F3N3O3S. The standard InChI is InChI=1S/C19H18F3N3O3S/c1-12-8-10-15(11-9-12)25-14(3)18(13(2)23-25)24-29(26,27)17-7-5-4-6-16(17)28-19(20,21)22/h4-11,24H,1-3H3. The van der Waals surface area contributed by atoms with Crippen LogP contribution in [0, 0.1) is 20.8 Å². The van der Waals surface area contributed by atoms with Crippen LogP contribution < -0.4 is 9.46 Å². The number of benzene rings is 2. The van der Waals surface area contributed by atoms with Crippen LogP contribution in [0.4, 0.5) is 18.9 Å². The first-order valence-electron chi connectivity index (χ1n) is 8.49. The molecule has 1 aromatic heterocycles. The molecule has 0 aliphatic carbocycles. The maximum atomic E-state index is 12.8. The van der Waals surface area contributed by atoms with E-state index in [4.69, 9.17) is 0 Å². The van der Waals surface area contributed by atoms with Crippen molar-refractivity contribution in [3.8, 4) is 11.4 Å². The van der Waals surface area contributed by atoms with Crippen molar-refractivity contribution in [2.24, 2.45) is 0 Å². The minimum atomic E-state index is -5.02. The lowest BCUT2D eigenvalue weighted by Crippen LogP contribution is -2.21. The maximum Gasteiger partial charge on any atom is 0.573 e. The Labute approximate surface area is 166 Å². The number of ether oxygens (including phenoxy) is 1. The van der Waals surface area contributed by atoms with Crippen molar-refractivity contribution in [3.63, 3.8) is 0 Å². The molecule has 0 fully saturated rings. The average Bonchev–Trinajstić information content (AvgIpc) is 2.89. The fraction of sp³-hybridized carbons (Fsp3) is 0.211. The topological polar surface area (TPSA) is 73.2 Å². The molecule has 154 valence electrons. The highest BCUT2D eigenvalue weighted by atomic mass is 32.2. The van der Waals surface area contributed by atoms with Crippen molar-refractivity contribution in [2.75, 3.05) is 4.72 Å². The summed E-state index contributed by atoms with van der Waals surface area (Å²) < 4.78 is 71.3. The molecular weight excluding hydrogens is 407 g/mol. The van der Waals surface area contributed by atoms with Crippen molar-refractivity contribution in [2.45, 2.75) is 32.0 Å². The molecule has 0 spiro atoms. The van der Waals surface area contributed by atoms with Crippen molar-refractivity contribution < 1.29 is 26.3 Å². The fourth-order valence-electron chi connectivity index (χ4n) is 2.80. The Hall–Kier alpha value is -3.01. The number of sulfonamides is 1. The van der Waals surface area contributed by atoms with Crippen LogP contribution >= 0.6 is 0 Å². The SMILES string of the molecule is Cc1ccc(-n2nc(C)c(NS(=O)(=O)c3ccccc3OC(F)(F)F)c2C)cc1. The molecule has 0 radical (unpaired) electrons. The molecule has 29 heavy (non-hydrogen) atoms. The van der Waals surface area contributed by atoms with Gasteiger partial charge in [0.25, 0.3) is 10.0 Å². The summed E-state index contributed by atoms with van der Waals surface area (Å²) in [6.07, 6.45) is -5.02. The highest BCUT2D eigenvalue weighted by Crippen LogP contribution is 2.32. The summed E-state index contributed by atoms with van der Waals surface area (Å²) in [7, 11) is -4.37. The van der Waals surface area contributed by atoms with Gasteiger partial charge in [-0.05, 0) is 45.0 Å². The molecule has 2 aromatic carbocycles. The number of anilines is 1. The maximum absolute atomic E-state index is 12.8. The minimum absolute atomic E-state index is 0.187. The zero-order valence-corrected chi connectivity index (χ0v) is 16.6. The number of rotatable bonds is 5. The van der Waals surface area contributed by atoms with Crippen LogP contribution in [0.15, 0.2) is 53.4 Å². The second-order valence-electron chi connectivity index (χ2n) is 6.39. The van der Waals surface area contributed by atoms with E-state index < -0.39 is 27.0 Å². The molecule has 0 aliphatic heterocycles. The average molecular weight is 425 g/mol. The summed E-state index contributed by atoms with van der Waals surface area (Å²) in [6.45, 7) is 5.20. The van der Waals surface area contributed by atoms with Gasteiger partial charge < -0.3 is 4.74 Å². The Kier molecular flexibility index (Phi) is 5.31. The number of para-hydroxylation sites is 1. The third-order valence-electron chi connectivity index (χ3n) is 4.17. The predicted molar refractivity (Wildman–Crippen MR) is 102 cm³/mol. The number of aromatic nitrogens is 2. The Balaban J connectivity index is 1.99. The number of nitrogens with one attached hydrogen (secondary N) is 1. The first kappa shape index (κ1) is 20.7. The summed E-state index contributed by atoms with van der Waals surface area (Å²) >= 11 is 0. The van der Waals surface area contributed by atoms with E-state index in [9.17, 15) is 21.6 Å². The number of halogens is 3. The van der Waals surface area contributed by atoms with E-state index >= 15 is 0 Å². The van der Waals surface area contributed by atoms with Gasteiger partial charge in [-0.15, -0.1) is 13.2 Å². The van der Waals surface area contributed by atoms with Gasteiger partial charge in [0.2, 0.25) is 0 Å². The number of alkyl halides is 3. The lowest BCUT2D eigenvalue weighted by molar-refractivity contribution is -0.275. The summed E-state index contributed by atoms with van der Waals surface area (Å²) in [4.78, 5) is -0.626. The highest BCUT2D eigenvalue weighted by molar-refractivity contribution is 7.92. The van der Waals surface area contributed by atoms with Gasteiger partial charge >= 0.3 is 6.36 Å². The lowest BCUT2D eigenvalue weighted by atomic mass is 10.2. The summed E-state index contributed by atoms with van der Waals surface area (Å²) in [5, 5.41) is 4.35. The molecule has 6 nitrogen and oxygen atoms in total. The van der Waals surface area contributed by atoms with Crippen LogP contribution in [-0.2, 0) is 10.0 Å². The van der Waals surface area contributed by atoms with Crippen LogP contribution in [0.3, 0.4) is 0 Å². The largest absolute Gasteiger partial charge is 0.573 e. The zero-order valence-electron chi connectivity index (χ0n) is 15.8. The summed E-state index contributed by atoms with van der Waals surface area (Å²) in [5.74, 6) is -0.811. The van der Waals surface area contributed by atoms with E-state index in [1.54, 1.807) is 18.5 Å². The third kappa shape index (κ3) is 4.53. The van der Waals surface area contributed by atoms with E-state index in [-0.39, 0.29) is 5.69 Å². The predicted octanol–water partition coefficient (Wildman–Crippen LogP) is 4.50. The second-order valence-corrected chi connectivity index (χ2v) is 8.04. The Morgan fingerprint density at radius 3 is 2.24 bits per heavy atom. The van der Waals surface area contributed by atoms with Crippen LogP contribution in [0.1, 0.15) is 17.0 Å². The van der Waals surface area contributed by atoms with Gasteiger partial charge in [0.1, 0.15) is 10.6 Å². The van der Waals surface area contributed by atoms with Gasteiger partial charge in [-0.2, -0.15) is 5.10 Å². The van der Waals surface area contributed by atoms with Crippen LogP contribution in [0.2, 0.25) is 0 Å². The van der Waals surface area contributed by atoms with Crippen LogP contribution in [-0.4, -0.2) is 24.6 Å². The van der Waals surface area contributed by atoms with E-state index in [2.05, 4.69) is 14.6 Å². The first-order chi connectivity index (χ1) is 13.5. The molecule has 10 heteroatoms. The number of aryl methyl sites for hydroxylation is 2. The molecule has 0 amide bonds. The first-order valence-corrected chi connectivity index (χ1v) is 9.97. The van der Waals surface area contributed by atoms with Crippen LogP contribution in [0.25, 0.3) is 5.69 Å². The Morgan fingerprint density at radius 1 is 1.00 bits per heavy atom. The van der Waals surface area contributed by atoms with Gasteiger partial charge in [-0.3, -0.25) is 4.72 Å². The monoisotopic (exact) mass is 425 g/mol. The van der Waals surface area contributed by atoms with E-state index in [1.807, 2.05) is 31.2 Å². The van der Waals surface area contributed by atoms with Crippen molar-refractivity contribution in [1.82, 2.24) is 9.78 Å². The number of hydrogen-bond donors (Lipinski definition) is 1. The quantitative estimate of drug-likeness (QED) is 0.653. The zero-order chi connectivity index (χ0) is 21.4. The van der Waals surface area contributed by atoms with Gasteiger partial charge in [0, 0.05) is 0 Å². The molecule has 3 aromatic rings. The van der Waals surface area contributed by atoms with Crippen molar-refractivity contribution in [1.29, 1.82) is 0 Å². The molecule has 0 bridgehead atoms. The van der Waals surface area contributed by atoms with Crippen LogP contribution in [0.5, 0.6) is 5.75 Å². The van der Waals surface area contributed by atoms with Crippen molar-refractivity contribution >= 4 is 15.7 Å². The molecule has 3 rings (SSSR count). The molecule has 0 atom stereocenters. The van der Waals surface area contributed by atoms with Gasteiger partial charge in [-0.1, -0.05) is 29.8 Å². The normalized spacial score (nSPS) is 12.1. The van der Waals surface area contributed by atoms with Crippen molar-refractivity contribution in [3.05, 3.63) is 65.5 Å². The Bertz CT molecular complexity index is 1140. The molecule has 1 heterocycles. The molecule has 0 saturated carbocycles. The molecule has 0 saturated heterocycles.